The topological polar surface area (TPSA) is 95.1 Å². The molecule has 4 rings (SSSR count). The highest BCUT2D eigenvalue weighted by Gasteiger charge is 2.42. The first kappa shape index (κ1) is 22.2. The lowest BCUT2D eigenvalue weighted by molar-refractivity contribution is -0.121. The minimum atomic E-state index is -1.07. The fraction of sp³-hybridized carbons (Fsp3) is 0.286. The largest absolute Gasteiger partial charge is 0.494 e. The van der Waals surface area contributed by atoms with Gasteiger partial charge in [-0.15, -0.1) is 0 Å². The monoisotopic (exact) mass is 461 g/mol. The standard InChI is InChI=1S/C21H21F2N5O3S/c1-2-31-14-6-3-12(4-7-14)25-18(29)11-32-21-26-19-15(10-24-27-19)20(30)28(21)13-5-8-16(22)17(23)9-13/h3-9,15,19,24,27H,2,10-11H2,1H3,(H,25,29). The van der Waals surface area contributed by atoms with E-state index in [-0.39, 0.29) is 28.4 Å². The second-order valence-corrected chi connectivity index (χ2v) is 8.00. The molecule has 8 nitrogen and oxygen atoms in total. The van der Waals surface area contributed by atoms with Gasteiger partial charge in [0.15, 0.2) is 16.8 Å². The molecule has 2 aliphatic heterocycles. The Morgan fingerprint density at radius 2 is 2.03 bits per heavy atom. The third-order valence-corrected chi connectivity index (χ3v) is 5.83. The molecular weight excluding hydrogens is 440 g/mol. The van der Waals surface area contributed by atoms with Crippen LogP contribution >= 0.6 is 11.8 Å². The quantitative estimate of drug-likeness (QED) is 0.612. The van der Waals surface area contributed by atoms with Crippen LogP contribution in [0, 0.1) is 17.6 Å². The molecule has 2 unspecified atom stereocenters. The minimum Gasteiger partial charge on any atom is -0.494 e. The van der Waals surface area contributed by atoms with E-state index >= 15 is 0 Å². The molecule has 2 heterocycles. The molecule has 3 N–H and O–H groups in total. The van der Waals surface area contributed by atoms with Gasteiger partial charge in [-0.2, -0.15) is 0 Å². The zero-order valence-electron chi connectivity index (χ0n) is 17.1. The van der Waals surface area contributed by atoms with E-state index in [2.05, 4.69) is 21.2 Å². The second-order valence-electron chi connectivity index (χ2n) is 7.05. The number of rotatable bonds is 6. The van der Waals surface area contributed by atoms with Crippen LogP contribution in [0.15, 0.2) is 47.5 Å². The van der Waals surface area contributed by atoms with Gasteiger partial charge in [0.25, 0.3) is 0 Å². The average molecular weight is 461 g/mol. The van der Waals surface area contributed by atoms with Gasteiger partial charge in [-0.05, 0) is 43.3 Å². The predicted molar refractivity (Wildman–Crippen MR) is 118 cm³/mol. The van der Waals surface area contributed by atoms with E-state index in [4.69, 9.17) is 4.74 Å². The molecule has 2 atom stereocenters. The zero-order chi connectivity index (χ0) is 22.7. The van der Waals surface area contributed by atoms with Gasteiger partial charge in [0.1, 0.15) is 11.9 Å². The number of amides is 2. The van der Waals surface area contributed by atoms with Crippen molar-refractivity contribution < 1.29 is 23.1 Å². The number of carbonyl (C=O) groups is 2. The van der Waals surface area contributed by atoms with Crippen LogP contribution in [0.25, 0.3) is 0 Å². The first-order valence-electron chi connectivity index (χ1n) is 9.97. The molecule has 2 amide bonds. The molecule has 0 spiro atoms. The average Bonchev–Trinajstić information content (AvgIpc) is 3.25. The van der Waals surface area contributed by atoms with Gasteiger partial charge in [-0.1, -0.05) is 11.8 Å². The van der Waals surface area contributed by atoms with Crippen molar-refractivity contribution in [3.05, 3.63) is 54.1 Å². The van der Waals surface area contributed by atoms with E-state index in [1.54, 1.807) is 24.3 Å². The molecular formula is C21H21F2N5O3S. The van der Waals surface area contributed by atoms with E-state index in [9.17, 15) is 18.4 Å². The van der Waals surface area contributed by atoms with Crippen molar-refractivity contribution in [2.24, 2.45) is 10.9 Å². The van der Waals surface area contributed by atoms with Gasteiger partial charge in [-0.25, -0.2) is 19.2 Å². The van der Waals surface area contributed by atoms with Gasteiger partial charge < -0.3 is 10.1 Å². The van der Waals surface area contributed by atoms with Crippen LogP contribution in [0.4, 0.5) is 20.2 Å². The number of amidine groups is 1. The van der Waals surface area contributed by atoms with Crippen LogP contribution in [0.2, 0.25) is 0 Å². The van der Waals surface area contributed by atoms with Gasteiger partial charge in [0, 0.05) is 18.3 Å². The van der Waals surface area contributed by atoms with E-state index in [1.165, 1.54) is 11.0 Å². The van der Waals surface area contributed by atoms with Gasteiger partial charge in [-0.3, -0.25) is 19.9 Å². The number of benzene rings is 2. The molecule has 2 aromatic carbocycles. The number of halogens is 2. The van der Waals surface area contributed by atoms with Crippen molar-refractivity contribution in [2.45, 2.75) is 13.1 Å². The summed E-state index contributed by atoms with van der Waals surface area (Å²) in [6.45, 7) is 2.78. The number of fused-ring (bicyclic) bond motifs is 1. The minimum absolute atomic E-state index is 0.0374. The third-order valence-electron chi connectivity index (χ3n) is 4.87. The van der Waals surface area contributed by atoms with Crippen molar-refractivity contribution >= 4 is 40.1 Å². The lowest BCUT2D eigenvalue weighted by atomic mass is 10.0. The number of ether oxygens (including phenoxy) is 1. The number of nitrogens with zero attached hydrogens (tertiary/aromatic N) is 2. The van der Waals surface area contributed by atoms with Crippen molar-refractivity contribution in [3.8, 4) is 5.75 Å². The Morgan fingerprint density at radius 3 is 2.75 bits per heavy atom. The smallest absolute Gasteiger partial charge is 0.241 e. The summed E-state index contributed by atoms with van der Waals surface area (Å²) < 4.78 is 32.6. The SMILES string of the molecule is CCOc1ccc(NC(=O)CSC2=NC3NNCC3C(=O)N2c2ccc(F)c(F)c2)cc1. The molecule has 168 valence electrons. The van der Waals surface area contributed by atoms with Crippen LogP contribution in [0.3, 0.4) is 0 Å². The molecule has 0 bridgehead atoms. The Hall–Kier alpha value is -3.02. The van der Waals surface area contributed by atoms with Crippen molar-refractivity contribution in [1.29, 1.82) is 0 Å². The number of hydrogen-bond donors (Lipinski definition) is 3. The van der Waals surface area contributed by atoms with Gasteiger partial charge in [0.05, 0.1) is 24.0 Å². The van der Waals surface area contributed by atoms with Crippen LogP contribution in [0.5, 0.6) is 5.75 Å². The molecule has 0 aliphatic carbocycles. The Balaban J connectivity index is 1.48. The summed E-state index contributed by atoms with van der Waals surface area (Å²) in [5.41, 5.74) is 6.54. The fourth-order valence-corrected chi connectivity index (χ4v) is 4.20. The lowest BCUT2D eigenvalue weighted by Crippen LogP contribution is -2.49. The van der Waals surface area contributed by atoms with E-state index in [1.807, 2.05) is 6.92 Å². The van der Waals surface area contributed by atoms with Crippen LogP contribution in [-0.2, 0) is 9.59 Å². The maximum atomic E-state index is 13.8. The Bertz CT molecular complexity index is 1050. The Morgan fingerprint density at radius 1 is 1.25 bits per heavy atom. The summed E-state index contributed by atoms with van der Waals surface area (Å²) >= 11 is 1.04. The summed E-state index contributed by atoms with van der Waals surface area (Å²) in [6, 6.07) is 10.2. The second kappa shape index (κ2) is 9.63. The van der Waals surface area contributed by atoms with Crippen molar-refractivity contribution in [2.75, 3.05) is 29.1 Å². The zero-order valence-corrected chi connectivity index (χ0v) is 17.9. The summed E-state index contributed by atoms with van der Waals surface area (Å²) in [5.74, 6) is -2.54. The normalized spacial score (nSPS) is 20.0. The number of hydrogen-bond acceptors (Lipinski definition) is 7. The van der Waals surface area contributed by atoms with E-state index in [0.29, 0.717) is 24.6 Å². The molecule has 0 saturated carbocycles. The summed E-state index contributed by atoms with van der Waals surface area (Å²) in [5, 5.41) is 2.99. The summed E-state index contributed by atoms with van der Waals surface area (Å²) in [6.07, 6.45) is -0.499. The van der Waals surface area contributed by atoms with E-state index in [0.717, 1.165) is 23.9 Å². The highest BCUT2D eigenvalue weighted by Crippen LogP contribution is 2.30. The maximum Gasteiger partial charge on any atom is 0.241 e. The molecule has 2 aliphatic rings. The van der Waals surface area contributed by atoms with Gasteiger partial charge in [0.2, 0.25) is 11.8 Å². The fourth-order valence-electron chi connectivity index (χ4n) is 3.36. The summed E-state index contributed by atoms with van der Waals surface area (Å²) in [4.78, 5) is 31.3. The molecule has 0 aromatic heterocycles. The number of nitrogens with one attached hydrogen (secondary N) is 3. The number of anilines is 2. The molecule has 1 fully saturated rings. The molecule has 32 heavy (non-hydrogen) atoms. The van der Waals surface area contributed by atoms with E-state index < -0.39 is 23.7 Å². The van der Waals surface area contributed by atoms with Crippen molar-refractivity contribution in [1.82, 2.24) is 10.9 Å². The maximum absolute atomic E-state index is 13.8. The van der Waals surface area contributed by atoms with Crippen LogP contribution in [-0.4, -0.2) is 42.1 Å². The van der Waals surface area contributed by atoms with Crippen molar-refractivity contribution in [3.63, 3.8) is 0 Å². The number of hydrazine groups is 1. The molecule has 0 radical (unpaired) electrons. The molecule has 2 aromatic rings. The number of carbonyl (C=O) groups excluding carboxylic acids is 2. The van der Waals surface area contributed by atoms with Gasteiger partial charge >= 0.3 is 0 Å². The number of aliphatic imine (C=N–C) groups is 1. The first-order chi connectivity index (χ1) is 15.5. The first-order valence-corrected chi connectivity index (χ1v) is 11.0. The molecule has 11 heteroatoms. The lowest BCUT2D eigenvalue weighted by Gasteiger charge is -2.32. The van der Waals surface area contributed by atoms with Crippen LogP contribution < -0.4 is 25.8 Å². The highest BCUT2D eigenvalue weighted by molar-refractivity contribution is 8.14. The molecule has 1 saturated heterocycles. The van der Waals surface area contributed by atoms with Crippen LogP contribution in [0.1, 0.15) is 6.92 Å². The highest BCUT2D eigenvalue weighted by atomic mass is 32.2. The predicted octanol–water partition coefficient (Wildman–Crippen LogP) is 2.49. The summed E-state index contributed by atoms with van der Waals surface area (Å²) in [7, 11) is 0. The third kappa shape index (κ3) is 4.74. The number of thioether (sulfide) groups is 1. The Labute approximate surface area is 187 Å². The Kier molecular flexibility index (Phi) is 6.68.